The first kappa shape index (κ1) is 15.1. The van der Waals surface area contributed by atoms with Crippen LogP contribution in [0.5, 0.6) is 0 Å². The van der Waals surface area contributed by atoms with Crippen molar-refractivity contribution in [2.75, 3.05) is 6.61 Å². The van der Waals surface area contributed by atoms with Crippen LogP contribution in [0.2, 0.25) is 10.0 Å². The molecule has 0 radical (unpaired) electrons. The predicted octanol–water partition coefficient (Wildman–Crippen LogP) is 4.20. The number of rotatable bonds is 5. The highest BCUT2D eigenvalue weighted by Crippen LogP contribution is 2.32. The fourth-order valence-electron chi connectivity index (χ4n) is 2.94. The maximum absolute atomic E-state index is 9.40. The van der Waals surface area contributed by atoms with Crippen LogP contribution in [-0.2, 0) is 0 Å². The van der Waals surface area contributed by atoms with E-state index < -0.39 is 0 Å². The second-order valence-electron chi connectivity index (χ2n) is 5.27. The van der Waals surface area contributed by atoms with E-state index in [0.29, 0.717) is 22.0 Å². The molecule has 3 unspecified atom stereocenters. The SMILES string of the molecule is CCC(NC1CCCC1CO)c1ccc(Cl)cc1Cl. The van der Waals surface area contributed by atoms with Crippen LogP contribution >= 0.6 is 23.2 Å². The van der Waals surface area contributed by atoms with Crippen molar-refractivity contribution < 1.29 is 5.11 Å². The molecule has 0 aromatic heterocycles. The molecule has 0 heterocycles. The van der Waals surface area contributed by atoms with E-state index >= 15 is 0 Å². The average molecular weight is 302 g/mol. The van der Waals surface area contributed by atoms with Crippen molar-refractivity contribution in [1.82, 2.24) is 5.32 Å². The standard InChI is InChI=1S/C15H21Cl2NO/c1-2-14(12-7-6-11(16)8-13(12)17)18-15-5-3-4-10(15)9-19/h6-8,10,14-15,18-19H,2-5,9H2,1H3. The van der Waals surface area contributed by atoms with Crippen molar-refractivity contribution in [3.8, 4) is 0 Å². The van der Waals surface area contributed by atoms with Crippen LogP contribution in [0.15, 0.2) is 18.2 Å². The fraction of sp³-hybridized carbons (Fsp3) is 0.600. The lowest BCUT2D eigenvalue weighted by Gasteiger charge is -2.26. The van der Waals surface area contributed by atoms with Crippen molar-refractivity contribution in [2.24, 2.45) is 5.92 Å². The lowest BCUT2D eigenvalue weighted by Crippen LogP contribution is -2.36. The lowest BCUT2D eigenvalue weighted by atomic mass is 9.99. The van der Waals surface area contributed by atoms with Gasteiger partial charge in [-0.1, -0.05) is 42.6 Å². The van der Waals surface area contributed by atoms with E-state index in [1.165, 1.54) is 6.42 Å². The molecule has 0 saturated heterocycles. The number of hydrogen-bond donors (Lipinski definition) is 2. The number of hydrogen-bond acceptors (Lipinski definition) is 2. The summed E-state index contributed by atoms with van der Waals surface area (Å²) < 4.78 is 0. The first-order chi connectivity index (χ1) is 9.15. The van der Waals surface area contributed by atoms with E-state index in [1.807, 2.05) is 12.1 Å². The smallest absolute Gasteiger partial charge is 0.0474 e. The Morgan fingerprint density at radius 1 is 1.37 bits per heavy atom. The van der Waals surface area contributed by atoms with Gasteiger partial charge in [-0.25, -0.2) is 0 Å². The topological polar surface area (TPSA) is 32.3 Å². The molecule has 2 N–H and O–H groups in total. The van der Waals surface area contributed by atoms with Gasteiger partial charge >= 0.3 is 0 Å². The second-order valence-corrected chi connectivity index (χ2v) is 6.12. The van der Waals surface area contributed by atoms with E-state index in [2.05, 4.69) is 12.2 Å². The van der Waals surface area contributed by atoms with E-state index in [9.17, 15) is 5.11 Å². The average Bonchev–Trinajstić information content (AvgIpc) is 2.84. The number of aliphatic hydroxyl groups is 1. The quantitative estimate of drug-likeness (QED) is 0.854. The summed E-state index contributed by atoms with van der Waals surface area (Å²) in [5, 5.41) is 14.4. The first-order valence-corrected chi connectivity index (χ1v) is 7.73. The molecule has 0 spiro atoms. The highest BCUT2D eigenvalue weighted by Gasteiger charge is 2.28. The van der Waals surface area contributed by atoms with Crippen molar-refractivity contribution in [3.63, 3.8) is 0 Å². The zero-order chi connectivity index (χ0) is 13.8. The Morgan fingerprint density at radius 3 is 2.79 bits per heavy atom. The Balaban J connectivity index is 2.11. The van der Waals surface area contributed by atoms with Gasteiger partial charge in [0, 0.05) is 28.7 Å². The van der Waals surface area contributed by atoms with E-state index in [0.717, 1.165) is 24.8 Å². The second kappa shape index (κ2) is 6.94. The van der Waals surface area contributed by atoms with Crippen LogP contribution in [0.3, 0.4) is 0 Å². The zero-order valence-corrected chi connectivity index (χ0v) is 12.7. The summed E-state index contributed by atoms with van der Waals surface area (Å²) in [6, 6.07) is 6.28. The molecule has 1 aromatic carbocycles. The summed E-state index contributed by atoms with van der Waals surface area (Å²) in [5.41, 5.74) is 1.09. The third kappa shape index (κ3) is 3.63. The molecule has 4 heteroatoms. The van der Waals surface area contributed by atoms with Gasteiger partial charge in [-0.3, -0.25) is 0 Å². The number of aliphatic hydroxyl groups excluding tert-OH is 1. The lowest BCUT2D eigenvalue weighted by molar-refractivity contribution is 0.198. The van der Waals surface area contributed by atoms with Gasteiger partial charge in [-0.2, -0.15) is 0 Å². The van der Waals surface area contributed by atoms with Crippen LogP contribution in [0.1, 0.15) is 44.2 Å². The first-order valence-electron chi connectivity index (χ1n) is 6.97. The molecule has 2 rings (SSSR count). The summed E-state index contributed by atoms with van der Waals surface area (Å²) in [5.74, 6) is 0.375. The van der Waals surface area contributed by atoms with Gasteiger partial charge in [0.1, 0.15) is 0 Å². The van der Waals surface area contributed by atoms with Crippen molar-refractivity contribution in [3.05, 3.63) is 33.8 Å². The minimum absolute atomic E-state index is 0.224. The van der Waals surface area contributed by atoms with Crippen LogP contribution < -0.4 is 5.32 Å². The van der Waals surface area contributed by atoms with Gasteiger partial charge in [0.15, 0.2) is 0 Å². The van der Waals surface area contributed by atoms with Gasteiger partial charge in [-0.05, 0) is 42.9 Å². The van der Waals surface area contributed by atoms with E-state index in [-0.39, 0.29) is 12.6 Å². The molecule has 1 aromatic rings. The molecule has 1 saturated carbocycles. The van der Waals surface area contributed by atoms with Gasteiger partial charge in [0.25, 0.3) is 0 Å². The van der Waals surface area contributed by atoms with Crippen molar-refractivity contribution in [1.29, 1.82) is 0 Å². The molecule has 1 fully saturated rings. The maximum Gasteiger partial charge on any atom is 0.0474 e. The van der Waals surface area contributed by atoms with Crippen LogP contribution in [0.25, 0.3) is 0 Å². The molecule has 0 aliphatic heterocycles. The van der Waals surface area contributed by atoms with Crippen LogP contribution in [0.4, 0.5) is 0 Å². The summed E-state index contributed by atoms with van der Waals surface area (Å²) in [6.45, 7) is 2.41. The molecule has 3 atom stereocenters. The molecular formula is C15H21Cl2NO. The van der Waals surface area contributed by atoms with E-state index in [4.69, 9.17) is 23.2 Å². The number of halogens is 2. The summed E-state index contributed by atoms with van der Waals surface area (Å²) in [6.07, 6.45) is 4.40. The van der Waals surface area contributed by atoms with Gasteiger partial charge in [-0.15, -0.1) is 0 Å². The molecule has 0 bridgehead atoms. The Bertz CT molecular complexity index is 425. The van der Waals surface area contributed by atoms with E-state index in [1.54, 1.807) is 6.07 Å². The van der Waals surface area contributed by atoms with Crippen LogP contribution in [-0.4, -0.2) is 17.8 Å². The Labute approximate surface area is 125 Å². The van der Waals surface area contributed by atoms with Crippen molar-refractivity contribution in [2.45, 2.75) is 44.7 Å². The Kier molecular flexibility index (Phi) is 5.52. The predicted molar refractivity (Wildman–Crippen MR) is 80.8 cm³/mol. The summed E-state index contributed by atoms with van der Waals surface area (Å²) in [4.78, 5) is 0. The third-order valence-corrected chi connectivity index (χ3v) is 4.62. The minimum Gasteiger partial charge on any atom is -0.396 e. The zero-order valence-electron chi connectivity index (χ0n) is 11.2. The summed E-state index contributed by atoms with van der Waals surface area (Å²) in [7, 11) is 0. The van der Waals surface area contributed by atoms with Gasteiger partial charge < -0.3 is 10.4 Å². The highest BCUT2D eigenvalue weighted by atomic mass is 35.5. The molecule has 106 valence electrons. The minimum atomic E-state index is 0.224. The third-order valence-electron chi connectivity index (χ3n) is 4.06. The number of nitrogens with one attached hydrogen (secondary N) is 1. The fourth-order valence-corrected chi connectivity index (χ4v) is 3.49. The Morgan fingerprint density at radius 2 is 2.16 bits per heavy atom. The monoisotopic (exact) mass is 301 g/mol. The molecule has 1 aliphatic rings. The van der Waals surface area contributed by atoms with Gasteiger partial charge in [0.05, 0.1) is 0 Å². The van der Waals surface area contributed by atoms with Crippen molar-refractivity contribution >= 4 is 23.2 Å². The number of benzene rings is 1. The van der Waals surface area contributed by atoms with Gasteiger partial charge in [0.2, 0.25) is 0 Å². The van der Waals surface area contributed by atoms with Crippen LogP contribution in [0, 0.1) is 5.92 Å². The highest BCUT2D eigenvalue weighted by molar-refractivity contribution is 6.35. The molecule has 19 heavy (non-hydrogen) atoms. The Hall–Kier alpha value is -0.280. The largest absolute Gasteiger partial charge is 0.396 e. The molecule has 1 aliphatic carbocycles. The molecule has 2 nitrogen and oxygen atoms in total. The summed E-state index contributed by atoms with van der Waals surface area (Å²) >= 11 is 12.2. The molecular weight excluding hydrogens is 281 g/mol. The maximum atomic E-state index is 9.40. The normalized spacial score (nSPS) is 24.6. The molecule has 0 amide bonds.